The average molecular weight is 127 g/mol. The summed E-state index contributed by atoms with van der Waals surface area (Å²) >= 11 is 0. The molecular formula is C8H17N. The third kappa shape index (κ3) is 5.57. The zero-order valence-corrected chi connectivity index (χ0v) is 6.43. The largest absolute Gasteiger partial charge is 0.327 e. The lowest BCUT2D eigenvalue weighted by Crippen LogP contribution is -1.93. The number of nitrogens with two attached hydrogens (primary N) is 1. The Kier molecular flexibility index (Phi) is 5.64. The molecule has 0 aliphatic heterocycles. The van der Waals surface area contributed by atoms with Crippen LogP contribution in [0.3, 0.4) is 0 Å². The Balaban J connectivity index is 3.15. The minimum atomic E-state index is 0.677. The number of hydrogen-bond donors (Lipinski definition) is 1. The van der Waals surface area contributed by atoms with Crippen molar-refractivity contribution in [1.29, 1.82) is 0 Å². The zero-order valence-electron chi connectivity index (χ0n) is 6.43. The predicted molar refractivity (Wildman–Crippen MR) is 42.3 cm³/mol. The first-order valence-corrected chi connectivity index (χ1v) is 3.66. The maximum Gasteiger partial charge on any atom is 0.0106 e. The smallest absolute Gasteiger partial charge is 0.0106 e. The topological polar surface area (TPSA) is 26.0 Å². The Morgan fingerprint density at radius 3 is 2.56 bits per heavy atom. The van der Waals surface area contributed by atoms with Crippen LogP contribution >= 0.6 is 0 Å². The standard InChI is InChI=1S/C8H17N/c1-3-8(2)6-4-5-7-9/h4-5,8H,3,6-7,9H2,1-2H3/b5-4+/t8-/m1/s1. The summed E-state index contributed by atoms with van der Waals surface area (Å²) in [4.78, 5) is 0. The fourth-order valence-corrected chi connectivity index (χ4v) is 0.591. The molecule has 0 rings (SSSR count). The van der Waals surface area contributed by atoms with Gasteiger partial charge in [-0.2, -0.15) is 0 Å². The molecule has 0 aliphatic carbocycles. The van der Waals surface area contributed by atoms with Crippen LogP contribution in [0.1, 0.15) is 26.7 Å². The maximum absolute atomic E-state index is 5.27. The second-order valence-corrected chi connectivity index (χ2v) is 2.46. The van der Waals surface area contributed by atoms with Crippen molar-refractivity contribution in [3.63, 3.8) is 0 Å². The Labute approximate surface area is 57.9 Å². The van der Waals surface area contributed by atoms with Gasteiger partial charge in [-0.05, 0) is 12.3 Å². The van der Waals surface area contributed by atoms with Crippen molar-refractivity contribution in [2.24, 2.45) is 11.7 Å². The van der Waals surface area contributed by atoms with E-state index in [0.29, 0.717) is 6.54 Å². The van der Waals surface area contributed by atoms with Gasteiger partial charge in [0.15, 0.2) is 0 Å². The molecule has 0 radical (unpaired) electrons. The van der Waals surface area contributed by atoms with Gasteiger partial charge in [0.25, 0.3) is 0 Å². The van der Waals surface area contributed by atoms with Crippen LogP contribution in [0.15, 0.2) is 12.2 Å². The molecule has 54 valence electrons. The van der Waals surface area contributed by atoms with E-state index in [1.54, 1.807) is 0 Å². The van der Waals surface area contributed by atoms with E-state index in [2.05, 4.69) is 19.9 Å². The van der Waals surface area contributed by atoms with E-state index in [9.17, 15) is 0 Å². The van der Waals surface area contributed by atoms with E-state index in [1.165, 1.54) is 12.8 Å². The molecule has 1 atom stereocenters. The first kappa shape index (κ1) is 8.70. The van der Waals surface area contributed by atoms with Crippen molar-refractivity contribution in [1.82, 2.24) is 0 Å². The van der Waals surface area contributed by atoms with E-state index in [4.69, 9.17) is 5.73 Å². The summed E-state index contributed by atoms with van der Waals surface area (Å²) in [5.74, 6) is 0.813. The molecule has 0 heterocycles. The van der Waals surface area contributed by atoms with Gasteiger partial charge in [-0.25, -0.2) is 0 Å². The Hall–Kier alpha value is -0.300. The van der Waals surface area contributed by atoms with E-state index in [1.807, 2.05) is 6.08 Å². The Bertz CT molecular complexity index is 76.6. The maximum atomic E-state index is 5.27. The van der Waals surface area contributed by atoms with E-state index >= 15 is 0 Å². The summed E-state index contributed by atoms with van der Waals surface area (Å²) in [5.41, 5.74) is 5.27. The van der Waals surface area contributed by atoms with Gasteiger partial charge in [-0.15, -0.1) is 0 Å². The average Bonchev–Trinajstić information content (AvgIpc) is 1.89. The van der Waals surface area contributed by atoms with Crippen LogP contribution in [-0.4, -0.2) is 6.54 Å². The highest BCUT2D eigenvalue weighted by Crippen LogP contribution is 2.05. The lowest BCUT2D eigenvalue weighted by atomic mass is 10.1. The lowest BCUT2D eigenvalue weighted by Gasteiger charge is -2.01. The number of hydrogen-bond acceptors (Lipinski definition) is 1. The lowest BCUT2D eigenvalue weighted by molar-refractivity contribution is 0.571. The van der Waals surface area contributed by atoms with Gasteiger partial charge in [0.05, 0.1) is 0 Å². The van der Waals surface area contributed by atoms with Crippen LogP contribution in [0.25, 0.3) is 0 Å². The third-order valence-electron chi connectivity index (χ3n) is 1.54. The number of rotatable bonds is 4. The molecule has 1 heteroatoms. The van der Waals surface area contributed by atoms with Crippen molar-refractivity contribution in [3.8, 4) is 0 Å². The monoisotopic (exact) mass is 127 g/mol. The van der Waals surface area contributed by atoms with Gasteiger partial charge in [0.2, 0.25) is 0 Å². The van der Waals surface area contributed by atoms with Crippen LogP contribution in [0, 0.1) is 5.92 Å². The van der Waals surface area contributed by atoms with Gasteiger partial charge >= 0.3 is 0 Å². The molecule has 0 bridgehead atoms. The molecule has 0 saturated heterocycles. The van der Waals surface area contributed by atoms with Gasteiger partial charge in [-0.1, -0.05) is 32.4 Å². The second kappa shape index (κ2) is 5.83. The Morgan fingerprint density at radius 1 is 1.44 bits per heavy atom. The molecule has 0 saturated carbocycles. The van der Waals surface area contributed by atoms with Gasteiger partial charge < -0.3 is 5.73 Å². The van der Waals surface area contributed by atoms with Gasteiger partial charge in [0.1, 0.15) is 0 Å². The SMILES string of the molecule is CC[C@@H](C)C/C=C/CN. The molecule has 0 aliphatic rings. The van der Waals surface area contributed by atoms with E-state index < -0.39 is 0 Å². The normalized spacial score (nSPS) is 14.6. The molecule has 0 spiro atoms. The highest BCUT2D eigenvalue weighted by molar-refractivity contribution is 4.83. The molecule has 2 N–H and O–H groups in total. The van der Waals surface area contributed by atoms with E-state index in [0.717, 1.165) is 5.92 Å². The molecule has 0 aromatic heterocycles. The zero-order chi connectivity index (χ0) is 7.11. The van der Waals surface area contributed by atoms with Crippen LogP contribution in [0.5, 0.6) is 0 Å². The molecule has 1 nitrogen and oxygen atoms in total. The summed E-state index contributed by atoms with van der Waals surface area (Å²) < 4.78 is 0. The minimum absolute atomic E-state index is 0.677. The van der Waals surface area contributed by atoms with Crippen molar-refractivity contribution in [3.05, 3.63) is 12.2 Å². The minimum Gasteiger partial charge on any atom is -0.327 e. The quantitative estimate of drug-likeness (QED) is 0.574. The molecular weight excluding hydrogens is 110 g/mol. The van der Waals surface area contributed by atoms with Crippen molar-refractivity contribution in [2.75, 3.05) is 6.54 Å². The first-order valence-electron chi connectivity index (χ1n) is 3.66. The number of allylic oxidation sites excluding steroid dienone is 1. The van der Waals surface area contributed by atoms with Crippen LogP contribution in [0.2, 0.25) is 0 Å². The van der Waals surface area contributed by atoms with Crippen molar-refractivity contribution >= 4 is 0 Å². The highest BCUT2D eigenvalue weighted by Gasteiger charge is 1.91. The molecule has 0 amide bonds. The fraction of sp³-hybridized carbons (Fsp3) is 0.750. The summed E-state index contributed by atoms with van der Waals surface area (Å²) in [6, 6.07) is 0. The highest BCUT2D eigenvalue weighted by atomic mass is 14.5. The molecule has 9 heavy (non-hydrogen) atoms. The summed E-state index contributed by atoms with van der Waals surface area (Å²) in [6.07, 6.45) is 6.61. The molecule has 0 aromatic rings. The first-order chi connectivity index (χ1) is 4.31. The summed E-state index contributed by atoms with van der Waals surface area (Å²) in [7, 11) is 0. The third-order valence-corrected chi connectivity index (χ3v) is 1.54. The van der Waals surface area contributed by atoms with Crippen molar-refractivity contribution in [2.45, 2.75) is 26.7 Å². The van der Waals surface area contributed by atoms with Gasteiger partial charge in [-0.3, -0.25) is 0 Å². The second-order valence-electron chi connectivity index (χ2n) is 2.46. The predicted octanol–water partition coefficient (Wildman–Crippen LogP) is 1.94. The van der Waals surface area contributed by atoms with Gasteiger partial charge in [0, 0.05) is 6.54 Å². The van der Waals surface area contributed by atoms with Crippen LogP contribution in [0.4, 0.5) is 0 Å². The molecule has 0 fully saturated rings. The van der Waals surface area contributed by atoms with E-state index in [-0.39, 0.29) is 0 Å². The van der Waals surface area contributed by atoms with Crippen LogP contribution < -0.4 is 5.73 Å². The summed E-state index contributed by atoms with van der Waals surface area (Å²) in [5, 5.41) is 0. The molecule has 0 aromatic carbocycles. The molecule has 0 unspecified atom stereocenters. The van der Waals surface area contributed by atoms with Crippen molar-refractivity contribution < 1.29 is 0 Å². The van der Waals surface area contributed by atoms with Crippen LogP contribution in [-0.2, 0) is 0 Å². The Morgan fingerprint density at radius 2 is 2.11 bits per heavy atom. The fourth-order valence-electron chi connectivity index (χ4n) is 0.591. The summed E-state index contributed by atoms with van der Waals surface area (Å²) in [6.45, 7) is 5.14.